The van der Waals surface area contributed by atoms with Gasteiger partial charge in [0.15, 0.2) is 5.78 Å². The van der Waals surface area contributed by atoms with E-state index in [9.17, 15) is 9.59 Å². The maximum atomic E-state index is 12.2. The smallest absolute Gasteiger partial charge is 0.253 e. The van der Waals surface area contributed by atoms with E-state index in [4.69, 9.17) is 4.74 Å². The van der Waals surface area contributed by atoms with Crippen molar-refractivity contribution >= 4 is 11.7 Å². The molecule has 5 nitrogen and oxygen atoms in total. The highest BCUT2D eigenvalue weighted by molar-refractivity contribution is 6.02. The first-order valence-electron chi connectivity index (χ1n) is 6.60. The highest BCUT2D eigenvalue weighted by Crippen LogP contribution is 2.18. The molecule has 2 rings (SSSR count). The van der Waals surface area contributed by atoms with E-state index >= 15 is 0 Å². The number of rotatable bonds is 4. The number of hydrogen-bond acceptors (Lipinski definition) is 3. The lowest BCUT2D eigenvalue weighted by Crippen LogP contribution is -2.32. The minimum atomic E-state index is -0.144. The molecule has 0 aliphatic carbocycles. The third kappa shape index (κ3) is 2.87. The highest BCUT2D eigenvalue weighted by atomic mass is 16.5. The molecule has 1 atom stereocenters. The second-order valence-electron chi connectivity index (χ2n) is 5.03. The zero-order valence-corrected chi connectivity index (χ0v) is 11.6. The molecule has 2 N–H and O–H groups in total. The van der Waals surface area contributed by atoms with Crippen LogP contribution in [-0.4, -0.2) is 35.9 Å². The van der Waals surface area contributed by atoms with Gasteiger partial charge < -0.3 is 15.0 Å². The standard InChI is InChI=1S/C14H20N2O3/c1-8-12(9(2)16-13(8)10(3)17)14(18)15-7-11-5-4-6-19-11/h11,16H,4-7H2,1-3H3,(H,15,18). The Morgan fingerprint density at radius 2 is 2.16 bits per heavy atom. The molecule has 0 aromatic carbocycles. The average molecular weight is 264 g/mol. The van der Waals surface area contributed by atoms with Crippen molar-refractivity contribution in [3.05, 3.63) is 22.5 Å². The Labute approximate surface area is 112 Å². The van der Waals surface area contributed by atoms with Crippen molar-refractivity contribution in [3.63, 3.8) is 0 Å². The summed E-state index contributed by atoms with van der Waals surface area (Å²) in [5, 5.41) is 2.88. The minimum absolute atomic E-state index is 0.0567. The van der Waals surface area contributed by atoms with E-state index in [1.165, 1.54) is 6.92 Å². The number of Topliss-reactive ketones (excluding diaryl/α,β-unsaturated/α-hetero) is 1. The monoisotopic (exact) mass is 264 g/mol. The van der Waals surface area contributed by atoms with Gasteiger partial charge in [-0.05, 0) is 32.3 Å². The summed E-state index contributed by atoms with van der Waals surface area (Å²) in [7, 11) is 0. The van der Waals surface area contributed by atoms with Crippen molar-refractivity contribution in [2.24, 2.45) is 0 Å². The van der Waals surface area contributed by atoms with Crippen LogP contribution in [0.25, 0.3) is 0 Å². The van der Waals surface area contributed by atoms with Gasteiger partial charge in [-0.15, -0.1) is 0 Å². The fourth-order valence-electron chi connectivity index (χ4n) is 2.54. The maximum absolute atomic E-state index is 12.2. The third-order valence-corrected chi connectivity index (χ3v) is 3.53. The normalized spacial score (nSPS) is 18.6. The first kappa shape index (κ1) is 13.8. The van der Waals surface area contributed by atoms with Crippen molar-refractivity contribution in [2.45, 2.75) is 39.7 Å². The lowest BCUT2D eigenvalue weighted by molar-refractivity contribution is 0.0857. The number of ether oxygens (including phenoxy) is 1. The second-order valence-corrected chi connectivity index (χ2v) is 5.03. The molecule has 0 bridgehead atoms. The van der Waals surface area contributed by atoms with E-state index in [0.29, 0.717) is 17.8 Å². The van der Waals surface area contributed by atoms with Gasteiger partial charge in [0.2, 0.25) is 0 Å². The molecule has 1 aliphatic rings. The first-order chi connectivity index (χ1) is 9.00. The van der Waals surface area contributed by atoms with Crippen molar-refractivity contribution < 1.29 is 14.3 Å². The molecule has 1 saturated heterocycles. The number of aryl methyl sites for hydroxylation is 1. The molecular weight excluding hydrogens is 244 g/mol. The van der Waals surface area contributed by atoms with E-state index in [1.807, 2.05) is 0 Å². The van der Waals surface area contributed by atoms with Crippen LogP contribution in [0.2, 0.25) is 0 Å². The molecule has 19 heavy (non-hydrogen) atoms. The van der Waals surface area contributed by atoms with Crippen molar-refractivity contribution in [2.75, 3.05) is 13.2 Å². The Bertz CT molecular complexity index is 499. The quantitative estimate of drug-likeness (QED) is 0.814. The predicted octanol–water partition coefficient (Wildman–Crippen LogP) is 1.74. The van der Waals surface area contributed by atoms with Gasteiger partial charge in [0.25, 0.3) is 5.91 Å². The van der Waals surface area contributed by atoms with Gasteiger partial charge >= 0.3 is 0 Å². The van der Waals surface area contributed by atoms with Crippen molar-refractivity contribution in [1.82, 2.24) is 10.3 Å². The zero-order chi connectivity index (χ0) is 14.0. The first-order valence-corrected chi connectivity index (χ1v) is 6.60. The molecule has 0 spiro atoms. The number of aromatic amines is 1. The van der Waals surface area contributed by atoms with Gasteiger partial charge in [0, 0.05) is 25.8 Å². The van der Waals surface area contributed by atoms with Crippen LogP contribution < -0.4 is 5.32 Å². The molecular formula is C14H20N2O3. The van der Waals surface area contributed by atoms with Gasteiger partial charge in [0.1, 0.15) is 0 Å². The summed E-state index contributed by atoms with van der Waals surface area (Å²) in [6, 6.07) is 0. The van der Waals surface area contributed by atoms with Crippen molar-refractivity contribution in [3.8, 4) is 0 Å². The maximum Gasteiger partial charge on any atom is 0.253 e. The highest BCUT2D eigenvalue weighted by Gasteiger charge is 2.22. The van der Waals surface area contributed by atoms with Gasteiger partial charge in [-0.2, -0.15) is 0 Å². The number of carbonyl (C=O) groups is 2. The summed E-state index contributed by atoms with van der Waals surface area (Å²) in [5.74, 6) is -0.201. The number of nitrogens with one attached hydrogen (secondary N) is 2. The number of hydrogen-bond donors (Lipinski definition) is 2. The Morgan fingerprint density at radius 3 is 2.68 bits per heavy atom. The number of carbonyl (C=O) groups excluding carboxylic acids is 2. The number of aromatic nitrogens is 1. The zero-order valence-electron chi connectivity index (χ0n) is 11.6. The molecule has 1 aromatic heterocycles. The molecule has 2 heterocycles. The predicted molar refractivity (Wildman–Crippen MR) is 71.6 cm³/mol. The molecule has 104 valence electrons. The van der Waals surface area contributed by atoms with Crippen LogP contribution in [0, 0.1) is 13.8 Å². The molecule has 1 unspecified atom stereocenters. The minimum Gasteiger partial charge on any atom is -0.376 e. The van der Waals surface area contributed by atoms with Crippen LogP contribution in [0.3, 0.4) is 0 Å². The lowest BCUT2D eigenvalue weighted by atomic mass is 10.1. The van der Waals surface area contributed by atoms with E-state index in [0.717, 1.165) is 30.7 Å². The average Bonchev–Trinajstić information content (AvgIpc) is 2.94. The van der Waals surface area contributed by atoms with E-state index < -0.39 is 0 Å². The van der Waals surface area contributed by atoms with Crippen molar-refractivity contribution in [1.29, 1.82) is 0 Å². The summed E-state index contributed by atoms with van der Waals surface area (Å²) in [4.78, 5) is 26.6. The second kappa shape index (κ2) is 5.57. The Morgan fingerprint density at radius 1 is 1.42 bits per heavy atom. The molecule has 1 fully saturated rings. The molecule has 1 aromatic rings. The summed E-state index contributed by atoms with van der Waals surface area (Å²) in [6.45, 7) is 6.39. The summed E-state index contributed by atoms with van der Waals surface area (Å²) in [5.41, 5.74) is 2.53. The fraction of sp³-hybridized carbons (Fsp3) is 0.571. The number of amides is 1. The largest absolute Gasteiger partial charge is 0.376 e. The van der Waals surface area contributed by atoms with E-state index in [2.05, 4.69) is 10.3 Å². The SMILES string of the molecule is CC(=O)c1[nH]c(C)c(C(=O)NCC2CCCO2)c1C. The van der Waals surface area contributed by atoms with Crippen LogP contribution in [0.1, 0.15) is 51.9 Å². The topological polar surface area (TPSA) is 71.2 Å². The Kier molecular flexibility index (Phi) is 4.04. The van der Waals surface area contributed by atoms with Crippen LogP contribution in [-0.2, 0) is 4.74 Å². The molecule has 0 radical (unpaired) electrons. The molecule has 1 aliphatic heterocycles. The Hall–Kier alpha value is -1.62. The number of ketones is 1. The van der Waals surface area contributed by atoms with Crippen LogP contribution >= 0.6 is 0 Å². The van der Waals surface area contributed by atoms with Gasteiger partial charge in [-0.25, -0.2) is 0 Å². The molecule has 0 saturated carbocycles. The Balaban J connectivity index is 2.08. The van der Waals surface area contributed by atoms with Crippen LogP contribution in [0.5, 0.6) is 0 Å². The molecule has 1 amide bonds. The summed E-state index contributed by atoms with van der Waals surface area (Å²) < 4.78 is 5.47. The molecule has 5 heteroatoms. The fourth-order valence-corrected chi connectivity index (χ4v) is 2.54. The van der Waals surface area contributed by atoms with E-state index in [-0.39, 0.29) is 17.8 Å². The third-order valence-electron chi connectivity index (χ3n) is 3.53. The lowest BCUT2D eigenvalue weighted by Gasteiger charge is -2.11. The van der Waals surface area contributed by atoms with E-state index in [1.54, 1.807) is 13.8 Å². The van der Waals surface area contributed by atoms with Gasteiger partial charge in [0.05, 0.1) is 17.4 Å². The number of H-pyrrole nitrogens is 1. The van der Waals surface area contributed by atoms with Crippen LogP contribution in [0.15, 0.2) is 0 Å². The van der Waals surface area contributed by atoms with Gasteiger partial charge in [-0.1, -0.05) is 0 Å². The summed E-state index contributed by atoms with van der Waals surface area (Å²) in [6.07, 6.45) is 2.16. The summed E-state index contributed by atoms with van der Waals surface area (Å²) >= 11 is 0. The van der Waals surface area contributed by atoms with Gasteiger partial charge in [-0.3, -0.25) is 9.59 Å². The van der Waals surface area contributed by atoms with Crippen LogP contribution in [0.4, 0.5) is 0 Å².